The third-order valence-corrected chi connectivity index (χ3v) is 5.08. The van der Waals surface area contributed by atoms with Gasteiger partial charge in [-0.2, -0.15) is 0 Å². The van der Waals surface area contributed by atoms with E-state index in [0.29, 0.717) is 16.1 Å². The first-order chi connectivity index (χ1) is 9.83. The highest BCUT2D eigenvalue weighted by molar-refractivity contribution is 9.10. The van der Waals surface area contributed by atoms with Crippen LogP contribution in [0.4, 0.5) is 5.82 Å². The van der Waals surface area contributed by atoms with Crippen molar-refractivity contribution in [1.82, 2.24) is 4.98 Å². The fraction of sp³-hybridized carbons (Fsp3) is 0.154. The van der Waals surface area contributed by atoms with Crippen molar-refractivity contribution in [2.75, 3.05) is 4.72 Å². The monoisotopic (exact) mass is 389 g/mol. The lowest BCUT2D eigenvalue weighted by Crippen LogP contribution is -2.16. The van der Waals surface area contributed by atoms with Crippen LogP contribution in [0.25, 0.3) is 0 Å². The summed E-state index contributed by atoms with van der Waals surface area (Å²) in [6, 6.07) is 6.32. The van der Waals surface area contributed by atoms with E-state index in [1.807, 2.05) is 0 Å². The molecule has 2 rings (SSSR count). The molecule has 1 aromatic carbocycles. The Morgan fingerprint density at radius 1 is 1.38 bits per heavy atom. The summed E-state index contributed by atoms with van der Waals surface area (Å²) >= 11 is 9.20. The molecule has 5 nitrogen and oxygen atoms in total. The van der Waals surface area contributed by atoms with Crippen molar-refractivity contribution in [3.05, 3.63) is 51.1 Å². The van der Waals surface area contributed by atoms with Crippen molar-refractivity contribution in [2.24, 2.45) is 5.73 Å². The van der Waals surface area contributed by atoms with E-state index in [0.717, 1.165) is 4.47 Å². The largest absolute Gasteiger partial charge is 0.326 e. The fourth-order valence-corrected chi connectivity index (χ4v) is 3.69. The molecule has 112 valence electrons. The van der Waals surface area contributed by atoms with Crippen LogP contribution in [0.15, 0.2) is 39.8 Å². The van der Waals surface area contributed by atoms with Crippen LogP contribution in [0.2, 0.25) is 5.02 Å². The zero-order valence-electron chi connectivity index (χ0n) is 11.1. The Kier molecular flexibility index (Phi) is 4.88. The zero-order valence-corrected chi connectivity index (χ0v) is 14.3. The van der Waals surface area contributed by atoms with Crippen molar-refractivity contribution in [3.8, 4) is 0 Å². The average Bonchev–Trinajstić information content (AvgIpc) is 2.43. The second kappa shape index (κ2) is 6.31. The number of halogens is 2. The van der Waals surface area contributed by atoms with Gasteiger partial charge in [-0.05, 0) is 58.2 Å². The Bertz CT molecular complexity index is 764. The van der Waals surface area contributed by atoms with E-state index in [1.54, 1.807) is 25.1 Å². The van der Waals surface area contributed by atoms with E-state index < -0.39 is 10.0 Å². The van der Waals surface area contributed by atoms with Crippen LogP contribution in [-0.4, -0.2) is 13.4 Å². The fourth-order valence-electron chi connectivity index (χ4n) is 1.83. The van der Waals surface area contributed by atoms with E-state index in [-0.39, 0.29) is 17.3 Å². The lowest BCUT2D eigenvalue weighted by Gasteiger charge is -2.13. The van der Waals surface area contributed by atoms with Crippen LogP contribution in [0.1, 0.15) is 11.1 Å². The third-order valence-electron chi connectivity index (χ3n) is 2.91. The molecular weight excluding hydrogens is 378 g/mol. The van der Waals surface area contributed by atoms with Gasteiger partial charge >= 0.3 is 0 Å². The molecule has 0 bridgehead atoms. The SMILES string of the molecule is Cc1c(CN)cc(Cl)cc1S(=O)(=O)Nc1ccc(Br)cn1. The van der Waals surface area contributed by atoms with Gasteiger partial charge in [0.05, 0.1) is 4.90 Å². The van der Waals surface area contributed by atoms with Crippen molar-refractivity contribution >= 4 is 43.4 Å². The maximum absolute atomic E-state index is 12.5. The predicted octanol–water partition coefficient (Wildman–Crippen LogP) is 3.07. The molecule has 0 radical (unpaired) electrons. The van der Waals surface area contributed by atoms with Gasteiger partial charge in [-0.1, -0.05) is 11.6 Å². The average molecular weight is 391 g/mol. The second-order valence-corrected chi connectivity index (χ2v) is 7.36. The smallest absolute Gasteiger partial charge is 0.263 e. The molecule has 0 aliphatic carbocycles. The lowest BCUT2D eigenvalue weighted by atomic mass is 10.1. The minimum atomic E-state index is -3.78. The lowest BCUT2D eigenvalue weighted by molar-refractivity contribution is 0.600. The summed E-state index contributed by atoms with van der Waals surface area (Å²) in [6.07, 6.45) is 1.51. The summed E-state index contributed by atoms with van der Waals surface area (Å²) < 4.78 is 28.1. The van der Waals surface area contributed by atoms with E-state index in [2.05, 4.69) is 25.6 Å². The topological polar surface area (TPSA) is 85.1 Å². The van der Waals surface area contributed by atoms with Gasteiger partial charge in [-0.15, -0.1) is 0 Å². The van der Waals surface area contributed by atoms with Gasteiger partial charge < -0.3 is 5.73 Å². The second-order valence-electron chi connectivity index (χ2n) is 4.36. The molecule has 1 aromatic heterocycles. The Labute approximate surface area is 136 Å². The molecule has 3 N–H and O–H groups in total. The highest BCUT2D eigenvalue weighted by Crippen LogP contribution is 2.26. The van der Waals surface area contributed by atoms with E-state index in [9.17, 15) is 8.42 Å². The molecule has 0 unspecified atom stereocenters. The van der Waals surface area contributed by atoms with Gasteiger partial charge in [0.15, 0.2) is 0 Å². The van der Waals surface area contributed by atoms with Crippen molar-refractivity contribution < 1.29 is 8.42 Å². The molecule has 21 heavy (non-hydrogen) atoms. The summed E-state index contributed by atoms with van der Waals surface area (Å²) in [6.45, 7) is 1.91. The van der Waals surface area contributed by atoms with Crippen molar-refractivity contribution in [1.29, 1.82) is 0 Å². The number of aromatic nitrogens is 1. The molecule has 0 atom stereocenters. The Hall–Kier alpha value is -1.15. The first kappa shape index (κ1) is 16.2. The summed E-state index contributed by atoms with van der Waals surface area (Å²) in [5.41, 5.74) is 6.87. The molecule has 0 amide bonds. The number of pyridine rings is 1. The summed E-state index contributed by atoms with van der Waals surface area (Å²) in [7, 11) is -3.78. The molecule has 0 saturated heterocycles. The molecule has 0 aliphatic heterocycles. The standard InChI is InChI=1S/C13H13BrClN3O2S/c1-8-9(6-16)4-11(15)5-12(8)21(19,20)18-13-3-2-10(14)7-17-13/h2-5,7H,6,16H2,1H3,(H,17,18). The molecule has 8 heteroatoms. The summed E-state index contributed by atoms with van der Waals surface area (Å²) in [5, 5.41) is 0.324. The van der Waals surface area contributed by atoms with Gasteiger partial charge in [-0.3, -0.25) is 4.72 Å². The Balaban J connectivity index is 2.44. The third kappa shape index (κ3) is 3.74. The van der Waals surface area contributed by atoms with Gasteiger partial charge in [0.1, 0.15) is 5.82 Å². The van der Waals surface area contributed by atoms with Crippen LogP contribution >= 0.6 is 27.5 Å². The molecule has 0 spiro atoms. The quantitative estimate of drug-likeness (QED) is 0.840. The van der Waals surface area contributed by atoms with E-state index in [1.165, 1.54) is 12.3 Å². The van der Waals surface area contributed by atoms with Crippen LogP contribution < -0.4 is 10.5 Å². The van der Waals surface area contributed by atoms with Gasteiger partial charge in [0.2, 0.25) is 0 Å². The van der Waals surface area contributed by atoms with Crippen molar-refractivity contribution in [3.63, 3.8) is 0 Å². The molecule has 2 aromatic rings. The maximum Gasteiger partial charge on any atom is 0.263 e. The molecule has 0 fully saturated rings. The van der Waals surface area contributed by atoms with Gasteiger partial charge in [0, 0.05) is 22.2 Å². The molecule has 0 aliphatic rings. The van der Waals surface area contributed by atoms with Crippen molar-refractivity contribution in [2.45, 2.75) is 18.4 Å². The van der Waals surface area contributed by atoms with Crippen LogP contribution in [0.5, 0.6) is 0 Å². The Morgan fingerprint density at radius 3 is 2.67 bits per heavy atom. The summed E-state index contributed by atoms with van der Waals surface area (Å²) in [4.78, 5) is 4.09. The number of benzene rings is 1. The van der Waals surface area contributed by atoms with Crippen LogP contribution in [0.3, 0.4) is 0 Å². The number of hydrogen-bond acceptors (Lipinski definition) is 4. The number of anilines is 1. The molecule has 0 saturated carbocycles. The first-order valence-electron chi connectivity index (χ1n) is 5.97. The highest BCUT2D eigenvalue weighted by Gasteiger charge is 2.20. The number of sulfonamides is 1. The predicted molar refractivity (Wildman–Crippen MR) is 86.8 cm³/mol. The number of nitrogens with one attached hydrogen (secondary N) is 1. The maximum atomic E-state index is 12.5. The van der Waals surface area contributed by atoms with Crippen LogP contribution in [0, 0.1) is 6.92 Å². The first-order valence-corrected chi connectivity index (χ1v) is 8.62. The number of hydrogen-bond donors (Lipinski definition) is 2. The highest BCUT2D eigenvalue weighted by atomic mass is 79.9. The molecule has 1 heterocycles. The Morgan fingerprint density at radius 2 is 2.10 bits per heavy atom. The number of nitrogens with two attached hydrogens (primary N) is 1. The van der Waals surface area contributed by atoms with Gasteiger partial charge in [0.25, 0.3) is 10.0 Å². The zero-order chi connectivity index (χ0) is 15.6. The minimum absolute atomic E-state index is 0.0974. The van der Waals surface area contributed by atoms with E-state index >= 15 is 0 Å². The minimum Gasteiger partial charge on any atom is -0.326 e. The number of nitrogens with zero attached hydrogens (tertiary/aromatic N) is 1. The normalized spacial score (nSPS) is 11.4. The van der Waals surface area contributed by atoms with Gasteiger partial charge in [-0.25, -0.2) is 13.4 Å². The molecular formula is C13H13BrClN3O2S. The van der Waals surface area contributed by atoms with E-state index in [4.69, 9.17) is 17.3 Å². The number of rotatable bonds is 4. The van der Waals surface area contributed by atoms with Crippen LogP contribution in [-0.2, 0) is 16.6 Å². The summed E-state index contributed by atoms with van der Waals surface area (Å²) in [5.74, 6) is 0.229.